The molecule has 0 aromatic carbocycles. The van der Waals surface area contributed by atoms with Crippen molar-refractivity contribution in [2.24, 2.45) is 0 Å². The fourth-order valence-electron chi connectivity index (χ4n) is 3.20. The number of amides is 1. The van der Waals surface area contributed by atoms with Crippen molar-refractivity contribution in [1.82, 2.24) is 9.88 Å². The number of hydrogen-bond donors (Lipinski definition) is 0. The Morgan fingerprint density at radius 2 is 2.00 bits per heavy atom. The maximum Gasteiger partial charge on any atom is 0.417 e. The molecule has 4 nitrogen and oxygen atoms in total. The Morgan fingerprint density at radius 3 is 2.52 bits per heavy atom. The molecule has 1 fully saturated rings. The van der Waals surface area contributed by atoms with Crippen LogP contribution in [-0.2, 0) is 11.0 Å². The summed E-state index contributed by atoms with van der Waals surface area (Å²) in [7, 11) is 0. The van der Waals surface area contributed by atoms with Crippen LogP contribution in [0.15, 0.2) is 11.1 Å². The third-order valence-electron chi connectivity index (χ3n) is 4.35. The van der Waals surface area contributed by atoms with E-state index in [1.807, 2.05) is 13.8 Å². The molecule has 2 heterocycles. The van der Waals surface area contributed by atoms with Crippen molar-refractivity contribution < 1.29 is 18.0 Å². The van der Waals surface area contributed by atoms with Crippen molar-refractivity contribution in [3.8, 4) is 6.07 Å². The number of carbonyl (C=O) groups excluding carboxylic acids is 1. The summed E-state index contributed by atoms with van der Waals surface area (Å²) in [6, 6.07) is 2.68. The number of halogens is 3. The minimum absolute atomic E-state index is 0.0306. The molecule has 1 saturated heterocycles. The smallest absolute Gasteiger partial charge is 0.337 e. The third kappa shape index (κ3) is 4.46. The number of nitrogens with zero attached hydrogens (tertiary/aromatic N) is 3. The number of thioether (sulfide) groups is 1. The first-order valence-corrected chi connectivity index (χ1v) is 9.06. The highest BCUT2D eigenvalue weighted by molar-refractivity contribution is 8.00. The summed E-state index contributed by atoms with van der Waals surface area (Å²) in [5.41, 5.74) is -1.35. The highest BCUT2D eigenvalue weighted by Crippen LogP contribution is 2.36. The third-order valence-corrected chi connectivity index (χ3v) is 5.31. The van der Waals surface area contributed by atoms with E-state index in [-0.39, 0.29) is 34.5 Å². The lowest BCUT2D eigenvalue weighted by molar-refractivity contribution is -0.138. The number of aryl methyl sites for hydroxylation is 1. The highest BCUT2D eigenvalue weighted by atomic mass is 32.2. The summed E-state index contributed by atoms with van der Waals surface area (Å²) in [6.45, 7) is 5.40. The van der Waals surface area contributed by atoms with Crippen molar-refractivity contribution >= 4 is 17.7 Å². The largest absolute Gasteiger partial charge is 0.417 e. The van der Waals surface area contributed by atoms with Gasteiger partial charge in [0.25, 0.3) is 0 Å². The van der Waals surface area contributed by atoms with Gasteiger partial charge in [-0.2, -0.15) is 18.4 Å². The minimum Gasteiger partial charge on any atom is -0.337 e. The van der Waals surface area contributed by atoms with Gasteiger partial charge in [0.1, 0.15) is 11.1 Å². The van der Waals surface area contributed by atoms with Crippen LogP contribution in [0.2, 0.25) is 0 Å². The van der Waals surface area contributed by atoms with Crippen molar-refractivity contribution in [3.05, 3.63) is 22.9 Å². The van der Waals surface area contributed by atoms with Crippen LogP contribution in [0.4, 0.5) is 13.2 Å². The van der Waals surface area contributed by atoms with Gasteiger partial charge in [0, 0.05) is 17.8 Å². The molecule has 0 saturated carbocycles. The van der Waals surface area contributed by atoms with E-state index in [9.17, 15) is 18.0 Å². The molecule has 136 valence electrons. The van der Waals surface area contributed by atoms with Crippen LogP contribution < -0.4 is 0 Å². The molecule has 0 radical (unpaired) electrons. The molecule has 1 aromatic rings. The van der Waals surface area contributed by atoms with Gasteiger partial charge in [0.15, 0.2) is 0 Å². The van der Waals surface area contributed by atoms with Crippen LogP contribution in [0.3, 0.4) is 0 Å². The number of nitriles is 1. The Morgan fingerprint density at radius 1 is 1.40 bits per heavy atom. The van der Waals surface area contributed by atoms with Gasteiger partial charge >= 0.3 is 6.18 Å². The maximum atomic E-state index is 13.1. The second-order valence-electron chi connectivity index (χ2n) is 6.32. The monoisotopic (exact) mass is 371 g/mol. The molecule has 0 spiro atoms. The van der Waals surface area contributed by atoms with E-state index in [1.54, 1.807) is 11.0 Å². The molecular weight excluding hydrogens is 351 g/mol. The number of pyridine rings is 1. The summed E-state index contributed by atoms with van der Waals surface area (Å²) in [4.78, 5) is 18.4. The van der Waals surface area contributed by atoms with Crippen LogP contribution in [0.1, 0.15) is 49.9 Å². The first kappa shape index (κ1) is 19.6. The Labute approximate surface area is 149 Å². The molecule has 0 aliphatic carbocycles. The predicted molar refractivity (Wildman–Crippen MR) is 89.0 cm³/mol. The molecule has 0 bridgehead atoms. The molecule has 8 heteroatoms. The topological polar surface area (TPSA) is 57.0 Å². The highest BCUT2D eigenvalue weighted by Gasteiger charge is 2.36. The molecular formula is C17H20F3N3OS. The molecule has 1 aliphatic rings. The Bertz CT molecular complexity index is 690. The quantitative estimate of drug-likeness (QED) is 0.749. The van der Waals surface area contributed by atoms with E-state index in [0.717, 1.165) is 37.1 Å². The zero-order valence-electron chi connectivity index (χ0n) is 14.4. The summed E-state index contributed by atoms with van der Waals surface area (Å²) in [5, 5.41) is 9.11. The maximum absolute atomic E-state index is 13.1. The molecule has 2 rings (SSSR count). The summed E-state index contributed by atoms with van der Waals surface area (Å²) in [5.74, 6) is -0.164. The number of carbonyl (C=O) groups is 1. The number of rotatable bonds is 3. The molecule has 1 amide bonds. The van der Waals surface area contributed by atoms with Gasteiger partial charge in [-0.05, 0) is 46.1 Å². The molecule has 25 heavy (non-hydrogen) atoms. The zero-order chi connectivity index (χ0) is 18.8. The minimum atomic E-state index is -4.63. The van der Waals surface area contributed by atoms with Gasteiger partial charge < -0.3 is 4.90 Å². The molecule has 2 atom stereocenters. The average molecular weight is 371 g/mol. The van der Waals surface area contributed by atoms with E-state index in [1.165, 1.54) is 6.92 Å². The Balaban J connectivity index is 2.22. The van der Waals surface area contributed by atoms with Crippen LogP contribution in [0.25, 0.3) is 0 Å². The normalized spacial score (nSPS) is 21.1. The number of likely N-dealkylation sites (tertiary alicyclic amines) is 1. The molecule has 0 N–H and O–H groups in total. The van der Waals surface area contributed by atoms with Crippen LogP contribution in [0.5, 0.6) is 0 Å². The number of hydrogen-bond acceptors (Lipinski definition) is 4. The predicted octanol–water partition coefficient (Wildman–Crippen LogP) is 4.16. The lowest BCUT2D eigenvalue weighted by atomic mass is 9.98. The van der Waals surface area contributed by atoms with Gasteiger partial charge in [0.2, 0.25) is 5.91 Å². The van der Waals surface area contributed by atoms with E-state index in [4.69, 9.17) is 5.26 Å². The standard InChI is InChI=1S/C17H20F3N3OS/c1-10-7-14(17(18,19)20)13(8-21)16(22-10)25-9-15(24)23-11(2)5-4-6-12(23)3/h7,11-12H,4-6,9H2,1-3H3/t11-,12-/m1/s1. The molecule has 1 aliphatic heterocycles. The van der Waals surface area contributed by atoms with Crippen LogP contribution in [-0.4, -0.2) is 33.6 Å². The van der Waals surface area contributed by atoms with E-state index in [2.05, 4.69) is 4.98 Å². The summed E-state index contributed by atoms with van der Waals surface area (Å²) in [6.07, 6.45) is -1.73. The van der Waals surface area contributed by atoms with Crippen LogP contribution >= 0.6 is 11.8 Å². The van der Waals surface area contributed by atoms with E-state index < -0.39 is 17.3 Å². The number of aromatic nitrogens is 1. The lowest BCUT2D eigenvalue weighted by Crippen LogP contribution is -2.48. The van der Waals surface area contributed by atoms with Crippen molar-refractivity contribution in [1.29, 1.82) is 5.26 Å². The summed E-state index contributed by atoms with van der Waals surface area (Å²) >= 11 is 0.897. The van der Waals surface area contributed by atoms with Crippen molar-refractivity contribution in [2.75, 3.05) is 5.75 Å². The van der Waals surface area contributed by atoms with E-state index >= 15 is 0 Å². The second-order valence-corrected chi connectivity index (χ2v) is 7.28. The van der Waals surface area contributed by atoms with Crippen LogP contribution in [0, 0.1) is 18.3 Å². The van der Waals surface area contributed by atoms with Crippen molar-refractivity contribution in [3.63, 3.8) is 0 Å². The fourth-order valence-corrected chi connectivity index (χ4v) is 4.12. The van der Waals surface area contributed by atoms with Gasteiger partial charge in [-0.25, -0.2) is 4.98 Å². The van der Waals surface area contributed by atoms with Gasteiger partial charge in [-0.15, -0.1) is 0 Å². The number of alkyl halides is 3. The average Bonchev–Trinajstić information content (AvgIpc) is 2.51. The Kier molecular flexibility index (Phi) is 5.99. The summed E-state index contributed by atoms with van der Waals surface area (Å²) < 4.78 is 39.4. The first-order chi connectivity index (χ1) is 11.6. The lowest BCUT2D eigenvalue weighted by Gasteiger charge is -2.39. The molecule has 1 aromatic heterocycles. The zero-order valence-corrected chi connectivity index (χ0v) is 15.2. The first-order valence-electron chi connectivity index (χ1n) is 8.08. The number of piperidine rings is 1. The van der Waals surface area contributed by atoms with Crippen molar-refractivity contribution in [2.45, 2.75) is 63.3 Å². The SMILES string of the molecule is Cc1cc(C(F)(F)F)c(C#N)c(SCC(=O)N2[C@H](C)CCC[C@H]2C)n1. The molecule has 0 unspecified atom stereocenters. The van der Waals surface area contributed by atoms with Gasteiger partial charge in [-0.3, -0.25) is 4.79 Å². The van der Waals surface area contributed by atoms with Gasteiger partial charge in [0.05, 0.1) is 16.9 Å². The van der Waals surface area contributed by atoms with E-state index in [0.29, 0.717) is 0 Å². The fraction of sp³-hybridized carbons (Fsp3) is 0.588. The van der Waals surface area contributed by atoms with Gasteiger partial charge in [-0.1, -0.05) is 11.8 Å². The Hall–Kier alpha value is -1.75. The second kappa shape index (κ2) is 7.65.